The molecule has 0 spiro atoms. The van der Waals surface area contributed by atoms with E-state index < -0.39 is 15.9 Å². The van der Waals surface area contributed by atoms with Gasteiger partial charge in [-0.25, -0.2) is 17.9 Å². The minimum absolute atomic E-state index is 0.0111. The molecule has 3 rings (SSSR count). The number of benzene rings is 1. The number of amides is 1. The van der Waals surface area contributed by atoms with Crippen LogP contribution in [0.15, 0.2) is 64.8 Å². The molecule has 1 aromatic carbocycles. The van der Waals surface area contributed by atoms with E-state index >= 15 is 0 Å². The van der Waals surface area contributed by atoms with E-state index in [-0.39, 0.29) is 22.2 Å². The number of nitrogens with one attached hydrogen (secondary N) is 1. The minimum Gasteiger partial charge on any atom is -0.443 e. The molecular weight excluding hydrogens is 392 g/mol. The lowest BCUT2D eigenvalue weighted by Crippen LogP contribution is -2.19. The first kappa shape index (κ1) is 18.9. The maximum atomic E-state index is 13.1. The largest absolute Gasteiger partial charge is 0.443 e. The highest BCUT2D eigenvalue weighted by atomic mass is 35.5. The molecule has 1 amide bonds. The van der Waals surface area contributed by atoms with Gasteiger partial charge in [-0.15, -0.1) is 0 Å². The van der Waals surface area contributed by atoms with Crippen LogP contribution < -0.4 is 5.32 Å². The lowest BCUT2D eigenvalue weighted by atomic mass is 10.3. The van der Waals surface area contributed by atoms with Crippen molar-refractivity contribution in [3.05, 3.63) is 65.6 Å². The van der Waals surface area contributed by atoms with E-state index in [0.717, 1.165) is 0 Å². The van der Waals surface area contributed by atoms with Crippen molar-refractivity contribution in [2.75, 3.05) is 7.05 Å². The van der Waals surface area contributed by atoms with Crippen LogP contribution in [-0.4, -0.2) is 36.3 Å². The summed E-state index contributed by atoms with van der Waals surface area (Å²) in [6.07, 6.45) is 2.08. The lowest BCUT2D eigenvalue weighted by Gasteiger charge is -2.09. The van der Waals surface area contributed by atoms with Crippen LogP contribution in [0.3, 0.4) is 0 Å². The van der Waals surface area contributed by atoms with Crippen molar-refractivity contribution >= 4 is 27.5 Å². The van der Waals surface area contributed by atoms with Gasteiger partial charge < -0.3 is 10.1 Å². The summed E-state index contributed by atoms with van der Waals surface area (Å²) in [6, 6.07) is 11.0. The van der Waals surface area contributed by atoms with Gasteiger partial charge in [0, 0.05) is 25.5 Å². The molecule has 1 N–H and O–H groups in total. The lowest BCUT2D eigenvalue weighted by molar-refractivity contribution is 0.140. The molecule has 2 aromatic heterocycles. The molecule has 27 heavy (non-hydrogen) atoms. The third kappa shape index (κ3) is 3.93. The van der Waals surface area contributed by atoms with Crippen molar-refractivity contribution in [2.45, 2.75) is 16.5 Å². The van der Waals surface area contributed by atoms with Crippen molar-refractivity contribution in [1.29, 1.82) is 0 Å². The Balaban J connectivity index is 2.12. The van der Waals surface area contributed by atoms with Gasteiger partial charge in [0.2, 0.25) is 9.84 Å². The number of pyridine rings is 1. The highest BCUT2D eigenvalue weighted by Gasteiger charge is 2.26. The second-order valence-corrected chi connectivity index (χ2v) is 7.66. The Morgan fingerprint density at radius 1 is 1.26 bits per heavy atom. The van der Waals surface area contributed by atoms with E-state index in [4.69, 9.17) is 16.3 Å². The third-order valence-corrected chi connectivity index (χ3v) is 5.61. The van der Waals surface area contributed by atoms with Crippen molar-refractivity contribution < 1.29 is 17.9 Å². The zero-order chi connectivity index (χ0) is 19.4. The SMILES string of the molecule is CNC(=O)OCc1cc(S(=O)(=O)c2cccnc2)n(-c2ccccc2Cl)n1. The molecule has 10 heteroatoms. The molecule has 0 saturated heterocycles. The van der Waals surface area contributed by atoms with E-state index in [1.54, 1.807) is 24.3 Å². The molecule has 0 saturated carbocycles. The summed E-state index contributed by atoms with van der Waals surface area (Å²) in [7, 11) is -2.52. The average molecular weight is 407 g/mol. The topological polar surface area (TPSA) is 103 Å². The van der Waals surface area contributed by atoms with Gasteiger partial charge in [0.25, 0.3) is 0 Å². The van der Waals surface area contributed by atoms with Crippen LogP contribution in [0.1, 0.15) is 5.69 Å². The van der Waals surface area contributed by atoms with Crippen molar-refractivity contribution in [2.24, 2.45) is 0 Å². The van der Waals surface area contributed by atoms with Gasteiger partial charge in [-0.1, -0.05) is 23.7 Å². The Labute approximate surface area is 160 Å². The number of halogens is 1. The fraction of sp³-hybridized carbons (Fsp3) is 0.118. The van der Waals surface area contributed by atoms with E-state index in [9.17, 15) is 13.2 Å². The quantitative estimate of drug-likeness (QED) is 0.698. The number of aromatic nitrogens is 3. The molecule has 0 fully saturated rings. The van der Waals surface area contributed by atoms with Crippen LogP contribution in [0.5, 0.6) is 0 Å². The van der Waals surface area contributed by atoms with E-state index in [1.807, 2.05) is 0 Å². The molecule has 0 aliphatic carbocycles. The Hall–Kier alpha value is -2.91. The van der Waals surface area contributed by atoms with Crippen LogP contribution >= 0.6 is 11.6 Å². The van der Waals surface area contributed by atoms with Gasteiger partial charge >= 0.3 is 6.09 Å². The molecule has 140 valence electrons. The van der Waals surface area contributed by atoms with Gasteiger partial charge in [-0.2, -0.15) is 5.10 Å². The number of nitrogens with zero attached hydrogens (tertiary/aromatic N) is 3. The predicted octanol–water partition coefficient (Wildman–Crippen LogP) is 2.61. The summed E-state index contributed by atoms with van der Waals surface area (Å²) in [4.78, 5) is 15.2. The highest BCUT2D eigenvalue weighted by molar-refractivity contribution is 7.91. The van der Waals surface area contributed by atoms with Crippen LogP contribution in [0.2, 0.25) is 5.02 Å². The normalized spacial score (nSPS) is 11.2. The first-order chi connectivity index (χ1) is 12.9. The van der Waals surface area contributed by atoms with Gasteiger partial charge in [0.1, 0.15) is 12.3 Å². The smallest absolute Gasteiger partial charge is 0.407 e. The molecule has 8 nitrogen and oxygen atoms in total. The number of carbonyl (C=O) groups excluding carboxylic acids is 1. The number of hydrogen-bond acceptors (Lipinski definition) is 6. The molecule has 0 aliphatic heterocycles. The molecule has 0 radical (unpaired) electrons. The van der Waals surface area contributed by atoms with Crippen LogP contribution in [-0.2, 0) is 21.2 Å². The number of sulfone groups is 1. The number of alkyl carbamates (subject to hydrolysis) is 1. The van der Waals surface area contributed by atoms with Gasteiger partial charge in [-0.3, -0.25) is 4.98 Å². The standard InChI is InChI=1S/C17H15ClN4O4S/c1-19-17(23)26-11-12-9-16(27(24,25)13-5-4-8-20-10-13)22(21-12)15-7-3-2-6-14(15)18/h2-10H,11H2,1H3,(H,19,23). The Morgan fingerprint density at radius 3 is 2.70 bits per heavy atom. The molecule has 0 bridgehead atoms. The molecule has 0 unspecified atom stereocenters. The monoisotopic (exact) mass is 406 g/mol. The number of hydrogen-bond donors (Lipinski definition) is 1. The fourth-order valence-electron chi connectivity index (χ4n) is 2.31. The van der Waals surface area contributed by atoms with Crippen LogP contribution in [0.4, 0.5) is 4.79 Å². The Kier molecular flexibility index (Phi) is 5.43. The van der Waals surface area contributed by atoms with Crippen molar-refractivity contribution in [3.63, 3.8) is 0 Å². The number of para-hydroxylation sites is 1. The first-order valence-corrected chi connectivity index (χ1v) is 9.63. The summed E-state index contributed by atoms with van der Waals surface area (Å²) >= 11 is 6.22. The molecule has 2 heterocycles. The van der Waals surface area contributed by atoms with E-state index in [1.165, 1.54) is 42.3 Å². The second kappa shape index (κ2) is 7.77. The Bertz CT molecular complexity index is 1070. The van der Waals surface area contributed by atoms with Gasteiger partial charge in [-0.05, 0) is 24.3 Å². The maximum absolute atomic E-state index is 13.1. The fourth-order valence-corrected chi connectivity index (χ4v) is 3.88. The third-order valence-electron chi connectivity index (χ3n) is 3.58. The molecule has 0 aliphatic rings. The van der Waals surface area contributed by atoms with E-state index in [0.29, 0.717) is 10.7 Å². The van der Waals surface area contributed by atoms with Crippen molar-refractivity contribution in [1.82, 2.24) is 20.1 Å². The summed E-state index contributed by atoms with van der Waals surface area (Å²) in [6.45, 7) is -0.202. The molecule has 3 aromatic rings. The molecular formula is C17H15ClN4O4S. The molecule has 0 atom stereocenters. The maximum Gasteiger partial charge on any atom is 0.407 e. The van der Waals surface area contributed by atoms with Crippen molar-refractivity contribution in [3.8, 4) is 5.69 Å². The van der Waals surface area contributed by atoms with Gasteiger partial charge in [0.05, 0.1) is 15.6 Å². The second-order valence-electron chi connectivity index (χ2n) is 5.36. The highest BCUT2D eigenvalue weighted by Crippen LogP contribution is 2.27. The summed E-state index contributed by atoms with van der Waals surface area (Å²) in [5, 5.41) is 6.79. The first-order valence-electron chi connectivity index (χ1n) is 7.77. The number of rotatable bonds is 5. The predicted molar refractivity (Wildman–Crippen MR) is 97.5 cm³/mol. The summed E-state index contributed by atoms with van der Waals surface area (Å²) in [5.74, 6) is 0. The van der Waals surface area contributed by atoms with Gasteiger partial charge in [0.15, 0.2) is 5.03 Å². The van der Waals surface area contributed by atoms with Crippen LogP contribution in [0.25, 0.3) is 5.69 Å². The summed E-state index contributed by atoms with van der Waals surface area (Å²) < 4.78 is 32.3. The zero-order valence-corrected chi connectivity index (χ0v) is 15.7. The zero-order valence-electron chi connectivity index (χ0n) is 14.2. The average Bonchev–Trinajstić information content (AvgIpc) is 3.12. The Morgan fingerprint density at radius 2 is 2.04 bits per heavy atom. The minimum atomic E-state index is -3.93. The van der Waals surface area contributed by atoms with Crippen LogP contribution in [0, 0.1) is 0 Å². The summed E-state index contributed by atoms with van der Waals surface area (Å²) in [5.41, 5.74) is 0.633. The number of carbonyl (C=O) groups is 1. The van der Waals surface area contributed by atoms with E-state index in [2.05, 4.69) is 15.4 Å². The number of ether oxygens (including phenoxy) is 1.